The van der Waals surface area contributed by atoms with Gasteiger partial charge in [-0.05, 0) is 24.3 Å². The number of nitrogens with zero attached hydrogens (tertiary/aromatic N) is 6. The molecule has 0 amide bonds. The molecule has 0 N–H and O–H groups in total. The summed E-state index contributed by atoms with van der Waals surface area (Å²) in [5.41, 5.74) is -2.64. The molecule has 26 heavy (non-hydrogen) atoms. The molecular weight excluding hydrogens is 353 g/mol. The van der Waals surface area contributed by atoms with Gasteiger partial charge in [-0.2, -0.15) is 13.2 Å². The first-order valence-corrected chi connectivity index (χ1v) is 7.13. The summed E-state index contributed by atoms with van der Waals surface area (Å²) in [6.07, 6.45) is 0.0969. The van der Waals surface area contributed by atoms with Crippen LogP contribution in [0.3, 0.4) is 0 Å². The fourth-order valence-corrected chi connectivity index (χ4v) is 2.20. The summed E-state index contributed by atoms with van der Waals surface area (Å²) < 4.78 is 44.7. The zero-order valence-corrected chi connectivity index (χ0v) is 12.7. The second kappa shape index (κ2) is 5.72. The van der Waals surface area contributed by atoms with Crippen LogP contribution in [0.15, 0.2) is 52.2 Å². The topological polar surface area (TPSA) is 99.6 Å². The van der Waals surface area contributed by atoms with Crippen LogP contribution < -0.4 is 5.63 Å². The minimum atomic E-state index is -4.67. The van der Waals surface area contributed by atoms with E-state index in [1.165, 1.54) is 12.4 Å². The average molecular weight is 360 g/mol. The molecule has 0 aliphatic carbocycles. The van der Waals surface area contributed by atoms with Crippen LogP contribution in [-0.4, -0.2) is 29.7 Å². The van der Waals surface area contributed by atoms with Crippen LogP contribution in [0.4, 0.5) is 13.2 Å². The lowest BCUT2D eigenvalue weighted by Gasteiger charge is -2.06. The molecule has 0 spiro atoms. The molecule has 4 rings (SSSR count). The normalized spacial score (nSPS) is 11.8. The Morgan fingerprint density at radius 2 is 1.88 bits per heavy atom. The lowest BCUT2D eigenvalue weighted by Crippen LogP contribution is -2.12. The summed E-state index contributed by atoms with van der Waals surface area (Å²) in [5, 5.41) is 7.88. The average Bonchev–Trinajstić information content (AvgIpc) is 3.15. The number of fused-ring (bicyclic) bond motifs is 1. The molecule has 0 saturated carbocycles. The number of aromatic nitrogens is 6. The van der Waals surface area contributed by atoms with Crippen LogP contribution in [0.5, 0.6) is 0 Å². The summed E-state index contributed by atoms with van der Waals surface area (Å²) in [6, 6.07) is 4.91. The maximum atomic E-state index is 12.7. The van der Waals surface area contributed by atoms with E-state index >= 15 is 0 Å². The summed E-state index contributed by atoms with van der Waals surface area (Å²) >= 11 is 0. The summed E-state index contributed by atoms with van der Waals surface area (Å²) in [7, 11) is 0. The Balaban J connectivity index is 1.77. The fraction of sp³-hybridized carbons (Fsp3) is 0.0667. The first-order chi connectivity index (χ1) is 12.4. The number of halogens is 3. The van der Waals surface area contributed by atoms with Gasteiger partial charge >= 0.3 is 11.8 Å². The maximum absolute atomic E-state index is 12.7. The molecular formula is C15H7F3N6O2. The Morgan fingerprint density at radius 1 is 1.04 bits per heavy atom. The molecule has 0 atom stereocenters. The summed E-state index contributed by atoms with van der Waals surface area (Å²) in [6.45, 7) is 0. The van der Waals surface area contributed by atoms with E-state index in [2.05, 4.69) is 25.1 Å². The van der Waals surface area contributed by atoms with Crippen LogP contribution in [0.25, 0.3) is 28.4 Å². The molecule has 4 heterocycles. The van der Waals surface area contributed by atoms with Crippen molar-refractivity contribution < 1.29 is 17.6 Å². The van der Waals surface area contributed by atoms with Crippen molar-refractivity contribution in [3.8, 4) is 17.4 Å². The molecule has 130 valence electrons. The van der Waals surface area contributed by atoms with E-state index in [1.54, 1.807) is 23.0 Å². The largest absolute Gasteiger partial charge is 0.433 e. The molecule has 0 fully saturated rings. The Bertz CT molecular complexity index is 1140. The van der Waals surface area contributed by atoms with Gasteiger partial charge in [-0.1, -0.05) is 0 Å². The zero-order valence-electron chi connectivity index (χ0n) is 12.7. The third kappa shape index (κ3) is 2.79. The first kappa shape index (κ1) is 15.9. The highest BCUT2D eigenvalue weighted by Crippen LogP contribution is 2.28. The van der Waals surface area contributed by atoms with E-state index in [4.69, 9.17) is 4.42 Å². The Labute approximate surface area is 142 Å². The van der Waals surface area contributed by atoms with E-state index in [1.807, 2.05) is 0 Å². The Hall–Kier alpha value is -3.63. The van der Waals surface area contributed by atoms with E-state index in [9.17, 15) is 18.0 Å². The zero-order chi connectivity index (χ0) is 18.3. The van der Waals surface area contributed by atoms with Crippen molar-refractivity contribution in [1.82, 2.24) is 29.7 Å². The highest BCUT2D eigenvalue weighted by atomic mass is 19.4. The molecule has 4 aromatic heterocycles. The van der Waals surface area contributed by atoms with Crippen LogP contribution in [-0.2, 0) is 6.18 Å². The molecule has 4 aromatic rings. The molecule has 0 unspecified atom stereocenters. The van der Waals surface area contributed by atoms with Crippen molar-refractivity contribution in [2.75, 3.05) is 0 Å². The van der Waals surface area contributed by atoms with Gasteiger partial charge in [-0.25, -0.2) is 19.7 Å². The van der Waals surface area contributed by atoms with E-state index in [0.29, 0.717) is 5.82 Å². The van der Waals surface area contributed by atoms with Crippen molar-refractivity contribution in [3.05, 3.63) is 59.1 Å². The highest BCUT2D eigenvalue weighted by Gasteiger charge is 2.33. The number of pyridine rings is 1. The maximum Gasteiger partial charge on any atom is 0.433 e. The smallest absolute Gasteiger partial charge is 0.400 e. The number of imidazole rings is 1. The van der Waals surface area contributed by atoms with Crippen LogP contribution in [0.1, 0.15) is 5.69 Å². The second-order valence-corrected chi connectivity index (χ2v) is 5.12. The monoisotopic (exact) mass is 360 g/mol. The van der Waals surface area contributed by atoms with Crippen LogP contribution in [0, 0.1) is 0 Å². The second-order valence-electron chi connectivity index (χ2n) is 5.12. The van der Waals surface area contributed by atoms with Gasteiger partial charge in [0.2, 0.25) is 0 Å². The number of hydrogen-bond acceptors (Lipinski definition) is 7. The highest BCUT2D eigenvalue weighted by molar-refractivity contribution is 5.74. The number of hydrogen-bond donors (Lipinski definition) is 0. The van der Waals surface area contributed by atoms with Gasteiger partial charge in [0, 0.05) is 12.4 Å². The van der Waals surface area contributed by atoms with Crippen molar-refractivity contribution in [1.29, 1.82) is 0 Å². The quantitative estimate of drug-likeness (QED) is 0.540. The third-order valence-corrected chi connectivity index (χ3v) is 3.41. The van der Waals surface area contributed by atoms with Gasteiger partial charge in [-0.15, -0.1) is 10.2 Å². The summed E-state index contributed by atoms with van der Waals surface area (Å²) in [5.74, 6) is 0.305. The van der Waals surface area contributed by atoms with Gasteiger partial charge in [0.05, 0.1) is 0 Å². The van der Waals surface area contributed by atoms with Gasteiger partial charge < -0.3 is 4.42 Å². The lowest BCUT2D eigenvalue weighted by atomic mass is 10.3. The molecule has 0 aliphatic heterocycles. The van der Waals surface area contributed by atoms with Gasteiger partial charge in [0.15, 0.2) is 11.3 Å². The Morgan fingerprint density at radius 3 is 2.54 bits per heavy atom. The van der Waals surface area contributed by atoms with Crippen molar-refractivity contribution in [3.63, 3.8) is 0 Å². The van der Waals surface area contributed by atoms with E-state index in [-0.39, 0.29) is 17.1 Å². The number of alkyl halides is 3. The minimum absolute atomic E-state index is 0.0373. The molecule has 0 bridgehead atoms. The first-order valence-electron chi connectivity index (χ1n) is 7.13. The summed E-state index contributed by atoms with van der Waals surface area (Å²) in [4.78, 5) is 23.2. The standard InChI is InChI=1S/C15H7F3N6O2/c16-15(17,18)10-3-1-8-12(21-10)14(25)26-13(20-8)9-2-4-11(23-22-9)24-6-5-19-7-24/h1-7H. The molecule has 0 aromatic carbocycles. The van der Waals surface area contributed by atoms with E-state index in [0.717, 1.165) is 12.1 Å². The minimum Gasteiger partial charge on any atom is -0.400 e. The molecule has 0 aliphatic rings. The van der Waals surface area contributed by atoms with Crippen molar-refractivity contribution in [2.45, 2.75) is 6.18 Å². The molecule has 0 saturated heterocycles. The van der Waals surface area contributed by atoms with Gasteiger partial charge in [0.25, 0.3) is 5.89 Å². The molecule has 8 nitrogen and oxygen atoms in total. The van der Waals surface area contributed by atoms with Gasteiger partial charge in [-0.3, -0.25) is 4.57 Å². The Kier molecular flexibility index (Phi) is 3.49. The predicted molar refractivity (Wildman–Crippen MR) is 81.2 cm³/mol. The molecule has 11 heteroatoms. The van der Waals surface area contributed by atoms with Crippen LogP contribution >= 0.6 is 0 Å². The predicted octanol–water partition coefficient (Wildman–Crippen LogP) is 2.24. The third-order valence-electron chi connectivity index (χ3n) is 3.41. The van der Waals surface area contributed by atoms with Crippen molar-refractivity contribution >= 4 is 11.0 Å². The van der Waals surface area contributed by atoms with E-state index < -0.39 is 23.0 Å². The van der Waals surface area contributed by atoms with Crippen molar-refractivity contribution in [2.24, 2.45) is 0 Å². The SMILES string of the molecule is O=c1oc(-c2ccc(-n3ccnc3)nn2)nc2ccc(C(F)(F)F)nc12. The van der Waals surface area contributed by atoms with Gasteiger partial charge in [0.1, 0.15) is 23.2 Å². The molecule has 0 radical (unpaired) electrons. The lowest BCUT2D eigenvalue weighted by molar-refractivity contribution is -0.140. The fourth-order valence-electron chi connectivity index (χ4n) is 2.20. The number of rotatable bonds is 2. The van der Waals surface area contributed by atoms with Crippen LogP contribution in [0.2, 0.25) is 0 Å².